The van der Waals surface area contributed by atoms with Crippen LogP contribution in [0.4, 0.5) is 0 Å². The van der Waals surface area contributed by atoms with Gasteiger partial charge >= 0.3 is 0 Å². The van der Waals surface area contributed by atoms with Crippen LogP contribution >= 0.6 is 0 Å². The van der Waals surface area contributed by atoms with Crippen molar-refractivity contribution < 1.29 is 15.0 Å². The van der Waals surface area contributed by atoms with Gasteiger partial charge in [0.2, 0.25) is 5.91 Å². The highest BCUT2D eigenvalue weighted by Crippen LogP contribution is 2.28. The van der Waals surface area contributed by atoms with Crippen LogP contribution in [-0.2, 0) is 4.79 Å². The maximum atomic E-state index is 12.6. The van der Waals surface area contributed by atoms with Crippen LogP contribution in [0.3, 0.4) is 0 Å². The van der Waals surface area contributed by atoms with Crippen LogP contribution in [0.2, 0.25) is 0 Å². The summed E-state index contributed by atoms with van der Waals surface area (Å²) in [5, 5.41) is 24.6. The summed E-state index contributed by atoms with van der Waals surface area (Å²) < 4.78 is 0. The molecule has 3 N–H and O–H groups in total. The molecule has 0 bridgehead atoms. The van der Waals surface area contributed by atoms with Crippen molar-refractivity contribution in [3.8, 4) is 0 Å². The third-order valence-corrected chi connectivity index (χ3v) is 6.62. The summed E-state index contributed by atoms with van der Waals surface area (Å²) in [5.41, 5.74) is -1.05. The Bertz CT molecular complexity index is 435. The molecule has 0 aromatic heterocycles. The average molecular weight is 384 g/mol. The molecular formula is C23H45NO3. The summed E-state index contributed by atoms with van der Waals surface area (Å²) in [6, 6.07) is -0.338. The zero-order valence-corrected chi connectivity index (χ0v) is 18.8. The minimum atomic E-state index is -1.05. The van der Waals surface area contributed by atoms with Gasteiger partial charge in [-0.05, 0) is 37.5 Å². The van der Waals surface area contributed by atoms with E-state index in [2.05, 4.69) is 46.5 Å². The largest absolute Gasteiger partial charge is 0.391 e. The molecule has 0 aromatic rings. The zero-order chi connectivity index (χ0) is 21.2. The van der Waals surface area contributed by atoms with E-state index in [-0.39, 0.29) is 17.9 Å². The summed E-state index contributed by atoms with van der Waals surface area (Å²) in [6.45, 7) is 18.1. The molecule has 0 aliphatic rings. The topological polar surface area (TPSA) is 69.6 Å². The molecule has 160 valence electrons. The van der Waals surface area contributed by atoms with Gasteiger partial charge < -0.3 is 15.5 Å². The third-order valence-electron chi connectivity index (χ3n) is 6.62. The Kier molecular flexibility index (Phi) is 12.2. The van der Waals surface area contributed by atoms with Gasteiger partial charge in [-0.15, -0.1) is 6.58 Å². The van der Waals surface area contributed by atoms with Crippen molar-refractivity contribution in [2.24, 2.45) is 23.7 Å². The first-order chi connectivity index (χ1) is 12.5. The molecule has 0 aliphatic heterocycles. The van der Waals surface area contributed by atoms with E-state index in [1.54, 1.807) is 13.0 Å². The number of hydrogen-bond donors (Lipinski definition) is 3. The van der Waals surface area contributed by atoms with Crippen LogP contribution < -0.4 is 5.32 Å². The van der Waals surface area contributed by atoms with Crippen LogP contribution in [0.1, 0.15) is 87.0 Å². The number of rotatable bonds is 14. The maximum absolute atomic E-state index is 12.6. The molecule has 0 radical (unpaired) electrons. The number of carbonyl (C=O) groups excluding carboxylic acids is 1. The lowest BCUT2D eigenvalue weighted by Crippen LogP contribution is -2.51. The van der Waals surface area contributed by atoms with E-state index in [0.717, 1.165) is 19.3 Å². The molecule has 27 heavy (non-hydrogen) atoms. The Labute approximate surface area is 167 Å². The third kappa shape index (κ3) is 8.78. The number of nitrogens with one attached hydrogen (secondary N) is 1. The fraction of sp³-hybridized carbons (Fsp3) is 0.870. The number of amides is 1. The monoisotopic (exact) mass is 383 g/mol. The SMILES string of the molecule is C=CCC(C)(O)C(C)C(O)C(CCCC)NC(=O)CC(C)C(C)C(C)CC. The Morgan fingerprint density at radius 2 is 1.78 bits per heavy atom. The van der Waals surface area contributed by atoms with Crippen molar-refractivity contribution in [2.45, 2.75) is 105 Å². The minimum Gasteiger partial charge on any atom is -0.391 e. The second kappa shape index (κ2) is 12.6. The van der Waals surface area contributed by atoms with Crippen molar-refractivity contribution >= 4 is 5.91 Å². The van der Waals surface area contributed by atoms with Crippen molar-refractivity contribution in [1.82, 2.24) is 5.32 Å². The number of hydrogen-bond acceptors (Lipinski definition) is 3. The Hall–Kier alpha value is -0.870. The van der Waals surface area contributed by atoms with E-state index in [0.29, 0.717) is 37.0 Å². The molecule has 7 unspecified atom stereocenters. The van der Waals surface area contributed by atoms with Crippen molar-refractivity contribution in [1.29, 1.82) is 0 Å². The van der Waals surface area contributed by atoms with Crippen molar-refractivity contribution in [2.75, 3.05) is 0 Å². The second-order valence-electron chi connectivity index (χ2n) is 8.87. The first-order valence-electron chi connectivity index (χ1n) is 10.8. The number of aliphatic hydroxyl groups excluding tert-OH is 1. The van der Waals surface area contributed by atoms with Crippen LogP contribution in [0.15, 0.2) is 12.7 Å². The summed E-state index contributed by atoms with van der Waals surface area (Å²) >= 11 is 0. The molecule has 0 aromatic carbocycles. The van der Waals surface area contributed by atoms with Crippen molar-refractivity contribution in [3.05, 3.63) is 12.7 Å². The second-order valence-corrected chi connectivity index (χ2v) is 8.87. The summed E-state index contributed by atoms with van der Waals surface area (Å²) in [6.07, 6.45) is 5.50. The lowest BCUT2D eigenvalue weighted by atomic mass is 9.79. The van der Waals surface area contributed by atoms with Gasteiger partial charge in [0.05, 0.1) is 17.7 Å². The van der Waals surface area contributed by atoms with Gasteiger partial charge in [0.15, 0.2) is 0 Å². The molecule has 0 aliphatic carbocycles. The Morgan fingerprint density at radius 3 is 2.26 bits per heavy atom. The highest BCUT2D eigenvalue weighted by molar-refractivity contribution is 5.76. The fourth-order valence-corrected chi connectivity index (χ4v) is 3.62. The van der Waals surface area contributed by atoms with Crippen LogP contribution in [0.25, 0.3) is 0 Å². The zero-order valence-electron chi connectivity index (χ0n) is 18.8. The first kappa shape index (κ1) is 26.1. The predicted molar refractivity (Wildman–Crippen MR) is 114 cm³/mol. The molecule has 0 saturated carbocycles. The van der Waals surface area contributed by atoms with Gasteiger partial charge in [-0.1, -0.05) is 66.9 Å². The number of carbonyl (C=O) groups is 1. The molecule has 4 nitrogen and oxygen atoms in total. The van der Waals surface area contributed by atoms with E-state index in [1.807, 2.05) is 6.92 Å². The normalized spacial score (nSPS) is 20.6. The van der Waals surface area contributed by atoms with E-state index in [4.69, 9.17) is 0 Å². The van der Waals surface area contributed by atoms with Gasteiger partial charge in [-0.2, -0.15) is 0 Å². The molecule has 0 spiro atoms. The molecule has 1 amide bonds. The smallest absolute Gasteiger partial charge is 0.220 e. The number of unbranched alkanes of at least 4 members (excludes halogenated alkanes) is 1. The first-order valence-corrected chi connectivity index (χ1v) is 10.8. The van der Waals surface area contributed by atoms with E-state index >= 15 is 0 Å². The molecule has 0 rings (SSSR count). The standard InChI is InChI=1S/C23H45NO3/c1-9-12-13-20(22(26)19(7)23(8,27)14-10-2)24-21(25)15-17(5)18(6)16(4)11-3/h10,16-20,22,26-27H,2,9,11-15H2,1,3-8H3,(H,24,25). The van der Waals surface area contributed by atoms with E-state index in [1.165, 1.54) is 0 Å². The minimum absolute atomic E-state index is 0.00614. The van der Waals surface area contributed by atoms with Crippen molar-refractivity contribution in [3.63, 3.8) is 0 Å². The van der Waals surface area contributed by atoms with E-state index in [9.17, 15) is 15.0 Å². The summed E-state index contributed by atoms with van der Waals surface area (Å²) in [7, 11) is 0. The Morgan fingerprint density at radius 1 is 1.19 bits per heavy atom. The molecule has 7 atom stereocenters. The fourth-order valence-electron chi connectivity index (χ4n) is 3.62. The van der Waals surface area contributed by atoms with Gasteiger partial charge in [-0.25, -0.2) is 0 Å². The van der Waals surface area contributed by atoms with E-state index < -0.39 is 11.7 Å². The van der Waals surface area contributed by atoms with Crippen LogP contribution in [0, 0.1) is 23.7 Å². The predicted octanol–water partition coefficient (Wildman–Crippen LogP) is 4.69. The van der Waals surface area contributed by atoms with Gasteiger partial charge in [0.25, 0.3) is 0 Å². The average Bonchev–Trinajstić information content (AvgIpc) is 2.62. The molecular weight excluding hydrogens is 338 g/mol. The maximum Gasteiger partial charge on any atom is 0.220 e. The molecule has 4 heteroatoms. The summed E-state index contributed by atoms with van der Waals surface area (Å²) in [5.74, 6) is 0.989. The van der Waals surface area contributed by atoms with Gasteiger partial charge in [0, 0.05) is 12.3 Å². The summed E-state index contributed by atoms with van der Waals surface area (Å²) in [4.78, 5) is 12.6. The van der Waals surface area contributed by atoms with Gasteiger partial charge in [0.1, 0.15) is 0 Å². The van der Waals surface area contributed by atoms with Crippen LogP contribution in [-0.4, -0.2) is 33.9 Å². The number of aliphatic hydroxyl groups is 2. The van der Waals surface area contributed by atoms with Crippen LogP contribution in [0.5, 0.6) is 0 Å². The molecule has 0 saturated heterocycles. The highest BCUT2D eigenvalue weighted by Gasteiger charge is 2.37. The Balaban J connectivity index is 5.03. The van der Waals surface area contributed by atoms with Gasteiger partial charge in [-0.3, -0.25) is 4.79 Å². The lowest BCUT2D eigenvalue weighted by Gasteiger charge is -2.37. The quantitative estimate of drug-likeness (QED) is 0.381. The molecule has 0 fully saturated rings. The molecule has 0 heterocycles. The highest BCUT2D eigenvalue weighted by atomic mass is 16.3. The lowest BCUT2D eigenvalue weighted by molar-refractivity contribution is -0.125.